The van der Waals surface area contributed by atoms with Crippen molar-refractivity contribution < 1.29 is 23.2 Å². The second kappa shape index (κ2) is 10.6. The lowest BCUT2D eigenvalue weighted by Crippen LogP contribution is -2.41. The first-order valence-corrected chi connectivity index (χ1v) is 13.5. The van der Waals surface area contributed by atoms with E-state index in [0.29, 0.717) is 11.0 Å². The van der Waals surface area contributed by atoms with Crippen LogP contribution >= 0.6 is 23.2 Å². The molecule has 0 bridgehead atoms. The normalized spacial score (nSPS) is 17.6. The molecule has 0 unspecified atom stereocenters. The van der Waals surface area contributed by atoms with Gasteiger partial charge < -0.3 is 19.4 Å². The zero-order valence-electron chi connectivity index (χ0n) is 22.2. The van der Waals surface area contributed by atoms with Crippen LogP contribution in [0.4, 0.5) is 9.18 Å². The zero-order valence-corrected chi connectivity index (χ0v) is 23.7. The summed E-state index contributed by atoms with van der Waals surface area (Å²) in [5.74, 6) is -0.741. The molecule has 0 saturated carbocycles. The molecule has 39 heavy (non-hydrogen) atoms. The van der Waals surface area contributed by atoms with Crippen LogP contribution in [0.5, 0.6) is 0 Å². The maximum absolute atomic E-state index is 14.0. The fourth-order valence-electron chi connectivity index (χ4n) is 4.89. The summed E-state index contributed by atoms with van der Waals surface area (Å²) in [6.07, 6.45) is 1.15. The number of ether oxygens (including phenoxy) is 1. The highest BCUT2D eigenvalue weighted by atomic mass is 35.5. The highest BCUT2D eigenvalue weighted by Crippen LogP contribution is 2.44. The van der Waals surface area contributed by atoms with Gasteiger partial charge in [0.05, 0.1) is 21.2 Å². The summed E-state index contributed by atoms with van der Waals surface area (Å²) in [6, 6.07) is 19.2. The number of alkyl carbamates (subject to hydrolysis) is 1. The Hall–Kier alpha value is -2.84. The van der Waals surface area contributed by atoms with E-state index in [1.54, 1.807) is 6.08 Å². The molecule has 3 aromatic rings. The first kappa shape index (κ1) is 27.7. The van der Waals surface area contributed by atoms with Crippen molar-refractivity contribution in [2.24, 2.45) is 0 Å². The Morgan fingerprint density at radius 2 is 1.49 bits per heavy atom. The summed E-state index contributed by atoms with van der Waals surface area (Å²) in [6.45, 7) is 8.02. The topological polar surface area (TPSA) is 56.8 Å². The Bertz CT molecular complexity index is 1370. The number of rotatable bonds is 6. The summed E-state index contributed by atoms with van der Waals surface area (Å²) in [5.41, 5.74) is 4.53. The molecule has 9 heteroatoms. The highest BCUT2D eigenvalue weighted by molar-refractivity contribution is 6.56. The number of hydrogen-bond donors (Lipinski definition) is 1. The van der Waals surface area contributed by atoms with Gasteiger partial charge in [0, 0.05) is 12.5 Å². The zero-order chi connectivity index (χ0) is 27.9. The van der Waals surface area contributed by atoms with Crippen LogP contribution in [0.2, 0.25) is 10.0 Å². The Balaban J connectivity index is 1.32. The maximum Gasteiger partial charge on any atom is 0.492 e. The van der Waals surface area contributed by atoms with Crippen LogP contribution in [0.3, 0.4) is 0 Å². The van der Waals surface area contributed by atoms with Gasteiger partial charge in [-0.25, -0.2) is 9.18 Å². The Kier molecular flexibility index (Phi) is 7.55. The molecular formula is C30H29BCl2FNO4. The molecule has 1 heterocycles. The quantitative estimate of drug-likeness (QED) is 0.245. The van der Waals surface area contributed by atoms with E-state index in [4.69, 9.17) is 37.2 Å². The van der Waals surface area contributed by atoms with E-state index in [0.717, 1.165) is 22.3 Å². The third-order valence-electron chi connectivity index (χ3n) is 7.69. The molecule has 0 atom stereocenters. The molecule has 1 aliphatic heterocycles. The molecule has 1 amide bonds. The first-order valence-electron chi connectivity index (χ1n) is 12.8. The number of carbonyl (C=O) groups is 1. The van der Waals surface area contributed by atoms with Gasteiger partial charge in [0.15, 0.2) is 5.82 Å². The minimum Gasteiger partial charge on any atom is -0.449 e. The lowest BCUT2D eigenvalue weighted by atomic mass is 9.77. The molecule has 0 spiro atoms. The molecule has 2 aliphatic rings. The standard InChI is InChI=1S/C30H29BCl2FNO4/c1-29(2)30(3,4)39-31(38-29)19(13-18-14-25(32)27(34)26(33)15-18)16-35-28(36)37-17-24-22-11-7-5-9-20(22)21-10-6-8-12-23(21)24/h5-15,24H,16-17H2,1-4H3,(H,35,36). The predicted octanol–water partition coefficient (Wildman–Crippen LogP) is 7.69. The summed E-state index contributed by atoms with van der Waals surface area (Å²) >= 11 is 12.0. The number of hydrogen-bond acceptors (Lipinski definition) is 4. The van der Waals surface area contributed by atoms with Gasteiger partial charge in [-0.15, -0.1) is 0 Å². The minimum absolute atomic E-state index is 0.0511. The third kappa shape index (κ3) is 5.46. The van der Waals surface area contributed by atoms with Crippen molar-refractivity contribution in [3.63, 3.8) is 0 Å². The minimum atomic E-state index is -0.758. The van der Waals surface area contributed by atoms with Crippen molar-refractivity contribution in [2.75, 3.05) is 13.2 Å². The molecule has 1 aliphatic carbocycles. The van der Waals surface area contributed by atoms with E-state index in [1.165, 1.54) is 12.1 Å². The third-order valence-corrected chi connectivity index (χ3v) is 8.24. The smallest absolute Gasteiger partial charge is 0.449 e. The van der Waals surface area contributed by atoms with Gasteiger partial charge in [-0.05, 0) is 73.1 Å². The Morgan fingerprint density at radius 1 is 0.974 bits per heavy atom. The average Bonchev–Trinajstić information content (AvgIpc) is 3.32. The first-order chi connectivity index (χ1) is 18.5. The van der Waals surface area contributed by atoms with Crippen molar-refractivity contribution in [1.82, 2.24) is 5.32 Å². The number of amides is 1. The maximum atomic E-state index is 14.0. The highest BCUT2D eigenvalue weighted by Gasteiger charge is 2.52. The SMILES string of the molecule is CC1(C)OB(C(=Cc2cc(Cl)c(F)c(Cl)c2)CNC(=O)OCC2c3ccccc3-c3ccccc32)OC1(C)C. The van der Waals surface area contributed by atoms with Gasteiger partial charge >= 0.3 is 13.2 Å². The fraction of sp³-hybridized carbons (Fsp3) is 0.300. The second-order valence-corrected chi connectivity index (χ2v) is 11.6. The van der Waals surface area contributed by atoms with Crippen LogP contribution in [0.15, 0.2) is 66.1 Å². The van der Waals surface area contributed by atoms with E-state index in [9.17, 15) is 9.18 Å². The van der Waals surface area contributed by atoms with Gasteiger partial charge in [-0.2, -0.15) is 0 Å². The molecule has 1 fully saturated rings. The van der Waals surface area contributed by atoms with Gasteiger partial charge in [0.2, 0.25) is 0 Å². The summed E-state index contributed by atoms with van der Waals surface area (Å²) in [7, 11) is -0.758. The molecular weight excluding hydrogens is 539 g/mol. The largest absolute Gasteiger partial charge is 0.492 e. The van der Waals surface area contributed by atoms with Crippen molar-refractivity contribution in [1.29, 1.82) is 0 Å². The van der Waals surface area contributed by atoms with E-state index >= 15 is 0 Å². The van der Waals surface area contributed by atoms with Crippen LogP contribution in [0, 0.1) is 5.82 Å². The van der Waals surface area contributed by atoms with Gasteiger partial charge in [-0.3, -0.25) is 0 Å². The lowest BCUT2D eigenvalue weighted by molar-refractivity contribution is 0.00578. The summed E-state index contributed by atoms with van der Waals surface area (Å²) in [4.78, 5) is 12.9. The van der Waals surface area contributed by atoms with Crippen molar-refractivity contribution >= 4 is 42.5 Å². The number of carbonyl (C=O) groups excluding carboxylic acids is 1. The number of halogens is 3. The Morgan fingerprint density at radius 3 is 2.03 bits per heavy atom. The van der Waals surface area contributed by atoms with Crippen LogP contribution in [-0.2, 0) is 14.0 Å². The van der Waals surface area contributed by atoms with Crippen LogP contribution in [-0.4, -0.2) is 37.6 Å². The van der Waals surface area contributed by atoms with E-state index < -0.39 is 30.2 Å². The molecule has 1 N–H and O–H groups in total. The van der Waals surface area contributed by atoms with E-state index in [-0.39, 0.29) is 29.1 Å². The number of nitrogens with one attached hydrogen (secondary N) is 1. The van der Waals surface area contributed by atoms with Gasteiger partial charge in [0.25, 0.3) is 0 Å². The van der Waals surface area contributed by atoms with Crippen LogP contribution in [0.25, 0.3) is 17.2 Å². The Labute approximate surface area is 238 Å². The summed E-state index contributed by atoms with van der Waals surface area (Å²) < 4.78 is 32.1. The fourth-order valence-corrected chi connectivity index (χ4v) is 5.40. The molecule has 3 aromatic carbocycles. The molecule has 5 nitrogen and oxygen atoms in total. The van der Waals surface area contributed by atoms with Crippen LogP contribution in [0.1, 0.15) is 50.3 Å². The number of fused-ring (bicyclic) bond motifs is 3. The number of benzene rings is 3. The van der Waals surface area contributed by atoms with Crippen molar-refractivity contribution in [2.45, 2.75) is 44.8 Å². The van der Waals surface area contributed by atoms with E-state index in [2.05, 4.69) is 29.6 Å². The predicted molar refractivity (Wildman–Crippen MR) is 154 cm³/mol. The molecule has 1 saturated heterocycles. The monoisotopic (exact) mass is 567 g/mol. The second-order valence-electron chi connectivity index (χ2n) is 10.8. The molecule has 0 aromatic heterocycles. The lowest BCUT2D eigenvalue weighted by Gasteiger charge is -2.32. The van der Waals surface area contributed by atoms with Crippen molar-refractivity contribution in [3.05, 3.63) is 98.7 Å². The average molecular weight is 568 g/mol. The molecule has 5 rings (SSSR count). The van der Waals surface area contributed by atoms with Gasteiger partial charge in [0.1, 0.15) is 6.61 Å². The molecule has 202 valence electrons. The van der Waals surface area contributed by atoms with E-state index in [1.807, 2.05) is 52.0 Å². The summed E-state index contributed by atoms with van der Waals surface area (Å²) in [5, 5.41) is 2.61. The van der Waals surface area contributed by atoms with Crippen LogP contribution < -0.4 is 5.32 Å². The van der Waals surface area contributed by atoms with Gasteiger partial charge in [-0.1, -0.05) is 77.8 Å². The molecule has 0 radical (unpaired) electrons. The van der Waals surface area contributed by atoms with Crippen molar-refractivity contribution in [3.8, 4) is 11.1 Å².